The van der Waals surface area contributed by atoms with E-state index in [1.807, 2.05) is 6.07 Å². The number of carbonyl (C=O) groups is 1. The third-order valence-corrected chi connectivity index (χ3v) is 5.07. The Morgan fingerprint density at radius 2 is 2.00 bits per heavy atom. The van der Waals surface area contributed by atoms with Gasteiger partial charge in [0.1, 0.15) is 6.20 Å². The Morgan fingerprint density at radius 1 is 1.28 bits per heavy atom. The van der Waals surface area contributed by atoms with Gasteiger partial charge >= 0.3 is 5.69 Å². The summed E-state index contributed by atoms with van der Waals surface area (Å²) in [5, 5.41) is 23.4. The zero-order valence-corrected chi connectivity index (χ0v) is 17.5. The third-order valence-electron chi connectivity index (χ3n) is 4.49. The van der Waals surface area contributed by atoms with Crippen molar-refractivity contribution in [3.8, 4) is 0 Å². The average molecular weight is 437 g/mol. The molecule has 0 atom stereocenters. The summed E-state index contributed by atoms with van der Waals surface area (Å²) in [6, 6.07) is 5.20. The molecule has 0 aliphatic carbocycles. The number of amides is 1. The number of nitrogens with zero attached hydrogens (tertiary/aromatic N) is 5. The fraction of sp³-hybridized carbons (Fsp3) is 0.278. The highest BCUT2D eigenvalue weighted by Gasteiger charge is 2.27. The van der Waals surface area contributed by atoms with Crippen LogP contribution in [0.5, 0.6) is 0 Å². The lowest BCUT2D eigenvalue weighted by molar-refractivity contribution is -0.385. The predicted octanol–water partition coefficient (Wildman–Crippen LogP) is 4.23. The monoisotopic (exact) mass is 436 g/mol. The number of anilines is 1. The van der Waals surface area contributed by atoms with Crippen LogP contribution in [0.2, 0.25) is 10.0 Å². The summed E-state index contributed by atoms with van der Waals surface area (Å²) in [6.45, 7) is 5.99. The average Bonchev–Trinajstić information content (AvgIpc) is 3.21. The van der Waals surface area contributed by atoms with E-state index in [-0.39, 0.29) is 11.4 Å². The Hall–Kier alpha value is -2.91. The zero-order chi connectivity index (χ0) is 21.3. The first kappa shape index (κ1) is 20.8. The summed E-state index contributed by atoms with van der Waals surface area (Å²) >= 11 is 12.2. The highest BCUT2D eigenvalue weighted by Crippen LogP contribution is 2.26. The zero-order valence-electron chi connectivity index (χ0n) is 15.9. The van der Waals surface area contributed by atoms with Gasteiger partial charge < -0.3 is 5.32 Å². The fourth-order valence-corrected chi connectivity index (χ4v) is 3.47. The van der Waals surface area contributed by atoms with E-state index in [4.69, 9.17) is 23.2 Å². The molecule has 3 aromatic rings. The number of rotatable bonds is 6. The van der Waals surface area contributed by atoms with Gasteiger partial charge in [0.05, 0.1) is 28.5 Å². The summed E-state index contributed by atoms with van der Waals surface area (Å²) in [6.07, 6.45) is 1.07. The lowest BCUT2D eigenvalue weighted by Crippen LogP contribution is -2.19. The number of benzene rings is 1. The van der Waals surface area contributed by atoms with E-state index in [1.54, 1.807) is 37.6 Å². The minimum atomic E-state index is -0.625. The van der Waals surface area contributed by atoms with Crippen LogP contribution < -0.4 is 5.32 Å². The van der Waals surface area contributed by atoms with E-state index in [0.717, 1.165) is 11.8 Å². The van der Waals surface area contributed by atoms with Crippen LogP contribution in [0.25, 0.3) is 0 Å². The Balaban J connectivity index is 1.91. The Bertz CT molecular complexity index is 1110. The smallest absolute Gasteiger partial charge is 0.317 e. The molecule has 0 saturated heterocycles. The molecule has 1 amide bonds. The standard InChI is InChI=1S/C18H18Cl2N6O3/c1-4-24-17(15(8-21-24)26(28)29)18(27)22-16-10(2)23-25(11(16)3)9-12-5-6-13(19)7-14(12)20/h5-8H,4,9H2,1-3H3,(H,22,27). The summed E-state index contributed by atoms with van der Waals surface area (Å²) in [5.41, 5.74) is 2.11. The van der Waals surface area contributed by atoms with E-state index in [0.29, 0.717) is 40.2 Å². The van der Waals surface area contributed by atoms with Crippen molar-refractivity contribution in [1.29, 1.82) is 0 Å². The Labute approximate surface area is 176 Å². The summed E-state index contributed by atoms with van der Waals surface area (Å²) in [5.74, 6) is -0.619. The maximum absolute atomic E-state index is 12.8. The number of carbonyl (C=O) groups excluding carboxylic acids is 1. The molecule has 152 valence electrons. The molecule has 0 saturated carbocycles. The molecule has 0 aliphatic heterocycles. The first-order chi connectivity index (χ1) is 13.7. The quantitative estimate of drug-likeness (QED) is 0.459. The van der Waals surface area contributed by atoms with E-state index in [9.17, 15) is 14.9 Å². The van der Waals surface area contributed by atoms with Crippen LogP contribution in [0.4, 0.5) is 11.4 Å². The van der Waals surface area contributed by atoms with Gasteiger partial charge in [0.25, 0.3) is 5.91 Å². The second kappa shape index (κ2) is 8.22. The topological polar surface area (TPSA) is 108 Å². The SMILES string of the molecule is CCn1ncc([N+](=O)[O-])c1C(=O)Nc1c(C)nn(Cc2ccc(Cl)cc2Cl)c1C. The molecule has 0 radical (unpaired) electrons. The van der Waals surface area contributed by atoms with Gasteiger partial charge in [-0.1, -0.05) is 29.3 Å². The molecule has 11 heteroatoms. The lowest BCUT2D eigenvalue weighted by Gasteiger charge is -2.09. The molecule has 2 aromatic heterocycles. The number of aromatic nitrogens is 4. The van der Waals surface area contributed by atoms with Crippen molar-refractivity contribution >= 4 is 40.5 Å². The van der Waals surface area contributed by atoms with E-state index in [2.05, 4.69) is 15.5 Å². The summed E-state index contributed by atoms with van der Waals surface area (Å²) < 4.78 is 2.99. The van der Waals surface area contributed by atoms with E-state index in [1.165, 1.54) is 4.68 Å². The van der Waals surface area contributed by atoms with Crippen molar-refractivity contribution in [2.24, 2.45) is 0 Å². The van der Waals surface area contributed by atoms with Crippen molar-refractivity contribution < 1.29 is 9.72 Å². The van der Waals surface area contributed by atoms with Gasteiger partial charge in [0.15, 0.2) is 0 Å². The lowest BCUT2D eigenvalue weighted by atomic mass is 10.2. The summed E-state index contributed by atoms with van der Waals surface area (Å²) in [7, 11) is 0. The molecule has 0 unspecified atom stereocenters. The molecule has 9 nitrogen and oxygen atoms in total. The van der Waals surface area contributed by atoms with Crippen molar-refractivity contribution in [3.05, 3.63) is 67.2 Å². The Morgan fingerprint density at radius 3 is 2.62 bits per heavy atom. The maximum atomic E-state index is 12.8. The van der Waals surface area contributed by atoms with Crippen LogP contribution in [0.3, 0.4) is 0 Å². The minimum Gasteiger partial charge on any atom is -0.317 e. The number of hydrogen-bond donors (Lipinski definition) is 1. The van der Waals surface area contributed by atoms with E-state index < -0.39 is 10.8 Å². The van der Waals surface area contributed by atoms with Crippen LogP contribution in [0, 0.1) is 24.0 Å². The molecule has 1 N–H and O–H groups in total. The largest absolute Gasteiger partial charge is 0.320 e. The molecule has 1 aromatic carbocycles. The van der Waals surface area contributed by atoms with Gasteiger partial charge in [-0.2, -0.15) is 10.2 Å². The fourth-order valence-electron chi connectivity index (χ4n) is 3.00. The minimum absolute atomic E-state index is 0.107. The van der Waals surface area contributed by atoms with Gasteiger partial charge in [0, 0.05) is 16.6 Å². The molecular formula is C18H18Cl2N6O3. The van der Waals surface area contributed by atoms with Crippen molar-refractivity contribution in [2.45, 2.75) is 33.9 Å². The molecule has 0 aliphatic rings. The van der Waals surface area contributed by atoms with Gasteiger partial charge in [-0.05, 0) is 38.5 Å². The van der Waals surface area contributed by atoms with Crippen molar-refractivity contribution in [1.82, 2.24) is 19.6 Å². The first-order valence-corrected chi connectivity index (χ1v) is 9.48. The van der Waals surface area contributed by atoms with Crippen LogP contribution in [0.15, 0.2) is 24.4 Å². The second-order valence-electron chi connectivity index (χ2n) is 6.34. The number of nitrogens with one attached hydrogen (secondary N) is 1. The van der Waals surface area contributed by atoms with Crippen LogP contribution >= 0.6 is 23.2 Å². The van der Waals surface area contributed by atoms with Gasteiger partial charge in [0.2, 0.25) is 5.69 Å². The normalized spacial score (nSPS) is 10.9. The summed E-state index contributed by atoms with van der Waals surface area (Å²) in [4.78, 5) is 23.4. The second-order valence-corrected chi connectivity index (χ2v) is 7.19. The van der Waals surface area contributed by atoms with Gasteiger partial charge in [-0.25, -0.2) is 0 Å². The van der Waals surface area contributed by atoms with Gasteiger partial charge in [-0.15, -0.1) is 0 Å². The highest BCUT2D eigenvalue weighted by atomic mass is 35.5. The van der Waals surface area contributed by atoms with Crippen molar-refractivity contribution in [3.63, 3.8) is 0 Å². The highest BCUT2D eigenvalue weighted by molar-refractivity contribution is 6.35. The van der Waals surface area contributed by atoms with Crippen LogP contribution in [-0.4, -0.2) is 30.4 Å². The van der Waals surface area contributed by atoms with Crippen LogP contribution in [0.1, 0.15) is 34.4 Å². The number of nitro groups is 1. The van der Waals surface area contributed by atoms with Crippen molar-refractivity contribution in [2.75, 3.05) is 5.32 Å². The molecule has 2 heterocycles. The molecule has 3 rings (SSSR count). The third kappa shape index (κ3) is 4.10. The number of aryl methyl sites for hydroxylation is 2. The molecular weight excluding hydrogens is 419 g/mol. The number of halogens is 2. The predicted molar refractivity (Wildman–Crippen MR) is 110 cm³/mol. The van der Waals surface area contributed by atoms with Gasteiger partial charge in [-0.3, -0.25) is 24.3 Å². The molecule has 29 heavy (non-hydrogen) atoms. The maximum Gasteiger partial charge on any atom is 0.320 e. The molecule has 0 bridgehead atoms. The van der Waals surface area contributed by atoms with E-state index >= 15 is 0 Å². The first-order valence-electron chi connectivity index (χ1n) is 8.72. The Kier molecular flexibility index (Phi) is 5.90. The number of hydrogen-bond acceptors (Lipinski definition) is 5. The molecule has 0 spiro atoms. The van der Waals surface area contributed by atoms with Crippen LogP contribution in [-0.2, 0) is 13.1 Å². The molecule has 0 fully saturated rings.